The van der Waals surface area contributed by atoms with Gasteiger partial charge in [0, 0.05) is 5.56 Å². The van der Waals surface area contributed by atoms with Crippen LogP contribution in [0.25, 0.3) is 0 Å². The zero-order valence-corrected chi connectivity index (χ0v) is 9.12. The Kier molecular flexibility index (Phi) is 4.48. The standard InChI is InChI=1S/C11H13F2N.ClH/c12-9-2-1-3-10(13)11(9)8-4-6-14-7-5-8;/h1-3,8,14H,4-7H2;1H. The van der Waals surface area contributed by atoms with Crippen LogP contribution in [0.4, 0.5) is 8.78 Å². The van der Waals surface area contributed by atoms with Gasteiger partial charge in [-0.2, -0.15) is 0 Å². The number of halogens is 3. The van der Waals surface area contributed by atoms with Gasteiger partial charge in [-0.3, -0.25) is 0 Å². The summed E-state index contributed by atoms with van der Waals surface area (Å²) >= 11 is 0. The van der Waals surface area contributed by atoms with Crippen LogP contribution in [-0.2, 0) is 0 Å². The first kappa shape index (κ1) is 12.4. The fourth-order valence-corrected chi connectivity index (χ4v) is 2.01. The highest BCUT2D eigenvalue weighted by Crippen LogP contribution is 2.29. The summed E-state index contributed by atoms with van der Waals surface area (Å²) in [5.74, 6) is -0.772. The van der Waals surface area contributed by atoms with E-state index in [1.54, 1.807) is 0 Å². The summed E-state index contributed by atoms with van der Waals surface area (Å²) in [4.78, 5) is 0. The van der Waals surface area contributed by atoms with Crippen LogP contribution in [0, 0.1) is 11.6 Å². The van der Waals surface area contributed by atoms with Crippen LogP contribution in [0.2, 0.25) is 0 Å². The molecule has 0 aliphatic carbocycles. The van der Waals surface area contributed by atoms with E-state index < -0.39 is 11.6 Å². The monoisotopic (exact) mass is 233 g/mol. The molecule has 0 saturated carbocycles. The quantitative estimate of drug-likeness (QED) is 0.787. The van der Waals surface area contributed by atoms with E-state index in [2.05, 4.69) is 5.32 Å². The molecular formula is C11H14ClF2N. The molecule has 84 valence electrons. The van der Waals surface area contributed by atoms with Crippen LogP contribution < -0.4 is 5.32 Å². The largest absolute Gasteiger partial charge is 0.317 e. The van der Waals surface area contributed by atoms with Crippen molar-refractivity contribution in [3.05, 3.63) is 35.4 Å². The second-order valence-corrected chi connectivity index (χ2v) is 3.66. The molecule has 1 fully saturated rings. The molecule has 0 atom stereocenters. The molecule has 1 nitrogen and oxygen atoms in total. The van der Waals surface area contributed by atoms with Crippen LogP contribution in [0.5, 0.6) is 0 Å². The molecule has 1 aliphatic rings. The first-order chi connectivity index (χ1) is 6.79. The number of hydrogen-bond acceptors (Lipinski definition) is 1. The minimum absolute atomic E-state index is 0. The van der Waals surface area contributed by atoms with Crippen LogP contribution in [-0.4, -0.2) is 13.1 Å². The summed E-state index contributed by atoms with van der Waals surface area (Å²) in [5, 5.41) is 3.18. The Morgan fingerprint density at radius 3 is 2.13 bits per heavy atom. The number of rotatable bonds is 1. The summed E-state index contributed by atoms with van der Waals surface area (Å²) in [6, 6.07) is 4.08. The molecule has 4 heteroatoms. The van der Waals surface area contributed by atoms with Crippen LogP contribution in [0.3, 0.4) is 0 Å². The number of nitrogens with one attached hydrogen (secondary N) is 1. The van der Waals surface area contributed by atoms with Crippen LogP contribution in [0.1, 0.15) is 24.3 Å². The minimum Gasteiger partial charge on any atom is -0.317 e. The van der Waals surface area contributed by atoms with Gasteiger partial charge in [0.1, 0.15) is 11.6 Å². The Hall–Kier alpha value is -0.670. The fourth-order valence-electron chi connectivity index (χ4n) is 2.01. The SMILES string of the molecule is Cl.Fc1cccc(F)c1C1CCNCC1. The molecule has 1 heterocycles. The molecule has 1 aromatic carbocycles. The number of hydrogen-bond donors (Lipinski definition) is 1. The lowest BCUT2D eigenvalue weighted by Crippen LogP contribution is -2.27. The molecule has 0 amide bonds. The number of benzene rings is 1. The summed E-state index contributed by atoms with van der Waals surface area (Å²) in [6.07, 6.45) is 1.63. The zero-order chi connectivity index (χ0) is 9.97. The topological polar surface area (TPSA) is 12.0 Å². The van der Waals surface area contributed by atoms with Crippen molar-refractivity contribution in [2.45, 2.75) is 18.8 Å². The van der Waals surface area contributed by atoms with Crippen molar-refractivity contribution in [1.82, 2.24) is 5.32 Å². The molecule has 1 saturated heterocycles. The van der Waals surface area contributed by atoms with Gasteiger partial charge in [-0.1, -0.05) is 6.07 Å². The Balaban J connectivity index is 0.00000112. The molecular weight excluding hydrogens is 220 g/mol. The third-order valence-electron chi connectivity index (χ3n) is 2.75. The highest BCUT2D eigenvalue weighted by Gasteiger charge is 2.21. The Morgan fingerprint density at radius 2 is 1.60 bits per heavy atom. The van der Waals surface area contributed by atoms with E-state index in [9.17, 15) is 8.78 Å². The first-order valence-electron chi connectivity index (χ1n) is 4.93. The Bertz CT molecular complexity index is 304. The minimum atomic E-state index is -0.406. The van der Waals surface area contributed by atoms with Crippen molar-refractivity contribution in [2.75, 3.05) is 13.1 Å². The number of piperidine rings is 1. The van der Waals surface area contributed by atoms with Gasteiger partial charge >= 0.3 is 0 Å². The highest BCUT2D eigenvalue weighted by atomic mass is 35.5. The van der Waals surface area contributed by atoms with Crippen molar-refractivity contribution < 1.29 is 8.78 Å². The molecule has 15 heavy (non-hydrogen) atoms. The van der Waals surface area contributed by atoms with Crippen molar-refractivity contribution in [3.63, 3.8) is 0 Å². The van der Waals surface area contributed by atoms with Crippen LogP contribution in [0.15, 0.2) is 18.2 Å². The molecule has 0 unspecified atom stereocenters. The average Bonchev–Trinajstić information content (AvgIpc) is 2.19. The lowest BCUT2D eigenvalue weighted by atomic mass is 9.89. The van der Waals surface area contributed by atoms with E-state index in [0.29, 0.717) is 0 Å². The summed E-state index contributed by atoms with van der Waals surface area (Å²) in [7, 11) is 0. The molecule has 1 aliphatic heterocycles. The van der Waals surface area contributed by atoms with Gasteiger partial charge in [0.25, 0.3) is 0 Å². The van der Waals surface area contributed by atoms with Crippen LogP contribution >= 0.6 is 12.4 Å². The molecule has 2 rings (SSSR count). The van der Waals surface area contributed by atoms with Crippen molar-refractivity contribution in [3.8, 4) is 0 Å². The molecule has 0 aromatic heterocycles. The summed E-state index contributed by atoms with van der Waals surface area (Å²) < 4.78 is 26.7. The predicted molar refractivity (Wildman–Crippen MR) is 58.5 cm³/mol. The maximum Gasteiger partial charge on any atom is 0.129 e. The van der Waals surface area contributed by atoms with Crippen molar-refractivity contribution in [2.24, 2.45) is 0 Å². The fraction of sp³-hybridized carbons (Fsp3) is 0.455. The second-order valence-electron chi connectivity index (χ2n) is 3.66. The van der Waals surface area contributed by atoms with E-state index in [4.69, 9.17) is 0 Å². The van der Waals surface area contributed by atoms with E-state index >= 15 is 0 Å². The highest BCUT2D eigenvalue weighted by molar-refractivity contribution is 5.85. The maximum absolute atomic E-state index is 13.4. The maximum atomic E-state index is 13.4. The predicted octanol–water partition coefficient (Wildman–Crippen LogP) is 2.85. The van der Waals surface area contributed by atoms with Gasteiger partial charge in [-0.05, 0) is 44.0 Å². The van der Waals surface area contributed by atoms with Crippen molar-refractivity contribution in [1.29, 1.82) is 0 Å². The summed E-state index contributed by atoms with van der Waals surface area (Å²) in [6.45, 7) is 1.69. The van der Waals surface area contributed by atoms with Gasteiger partial charge in [0.05, 0.1) is 0 Å². The third-order valence-corrected chi connectivity index (χ3v) is 2.75. The smallest absolute Gasteiger partial charge is 0.129 e. The molecule has 1 aromatic rings. The van der Waals surface area contributed by atoms with E-state index in [-0.39, 0.29) is 23.9 Å². The molecule has 0 radical (unpaired) electrons. The Labute approximate surface area is 94.3 Å². The van der Waals surface area contributed by atoms with Gasteiger partial charge in [0.2, 0.25) is 0 Å². The summed E-state index contributed by atoms with van der Waals surface area (Å²) in [5.41, 5.74) is 0.272. The van der Waals surface area contributed by atoms with E-state index in [1.807, 2.05) is 0 Å². The van der Waals surface area contributed by atoms with Gasteiger partial charge in [0.15, 0.2) is 0 Å². The molecule has 0 bridgehead atoms. The second kappa shape index (κ2) is 5.42. The van der Waals surface area contributed by atoms with Gasteiger partial charge in [-0.25, -0.2) is 8.78 Å². The molecule has 0 spiro atoms. The Morgan fingerprint density at radius 1 is 1.07 bits per heavy atom. The van der Waals surface area contributed by atoms with Crippen molar-refractivity contribution >= 4 is 12.4 Å². The first-order valence-corrected chi connectivity index (χ1v) is 4.93. The average molecular weight is 234 g/mol. The lowest BCUT2D eigenvalue weighted by molar-refractivity contribution is 0.426. The zero-order valence-electron chi connectivity index (χ0n) is 8.30. The van der Waals surface area contributed by atoms with E-state index in [0.717, 1.165) is 25.9 Å². The lowest BCUT2D eigenvalue weighted by Gasteiger charge is -2.23. The third kappa shape index (κ3) is 2.67. The van der Waals surface area contributed by atoms with Gasteiger partial charge < -0.3 is 5.32 Å². The molecule has 1 N–H and O–H groups in total. The van der Waals surface area contributed by atoms with E-state index in [1.165, 1.54) is 18.2 Å². The normalized spacial score (nSPS) is 17.2. The van der Waals surface area contributed by atoms with Gasteiger partial charge in [-0.15, -0.1) is 12.4 Å².